The second-order valence-electron chi connectivity index (χ2n) is 7.24. The van der Waals surface area contributed by atoms with Crippen molar-refractivity contribution in [2.45, 2.75) is 26.2 Å². The van der Waals surface area contributed by atoms with E-state index < -0.39 is 0 Å². The minimum atomic E-state index is 0.143. The highest BCUT2D eigenvalue weighted by molar-refractivity contribution is 5.68. The lowest BCUT2D eigenvalue weighted by Crippen LogP contribution is -2.10. The summed E-state index contributed by atoms with van der Waals surface area (Å²) in [7, 11) is 0. The van der Waals surface area contributed by atoms with E-state index in [0.717, 1.165) is 28.2 Å². The van der Waals surface area contributed by atoms with Gasteiger partial charge in [0.15, 0.2) is 11.5 Å². The van der Waals surface area contributed by atoms with E-state index in [0.29, 0.717) is 0 Å². The van der Waals surface area contributed by atoms with Gasteiger partial charge in [-0.05, 0) is 34.7 Å². The molecule has 0 saturated heterocycles. The average Bonchev–Trinajstić information content (AvgIpc) is 3.05. The van der Waals surface area contributed by atoms with E-state index in [9.17, 15) is 0 Å². The van der Waals surface area contributed by atoms with Gasteiger partial charge in [-0.25, -0.2) is 0 Å². The van der Waals surface area contributed by atoms with E-state index in [1.54, 1.807) is 6.20 Å². The summed E-state index contributed by atoms with van der Waals surface area (Å²) in [5.74, 6) is 0.855. The topological polar surface area (TPSA) is 43.1 Å². The minimum absolute atomic E-state index is 0.143. The SMILES string of the molecule is CC(C)(C)c1ccc(-c2nnc3cc(-c4cccnc4)ccn23)cc1. The van der Waals surface area contributed by atoms with Gasteiger partial charge in [0.05, 0.1) is 0 Å². The Hall–Kier alpha value is -3.01. The van der Waals surface area contributed by atoms with Crippen LogP contribution in [0.4, 0.5) is 0 Å². The van der Waals surface area contributed by atoms with Crippen LogP contribution in [0.15, 0.2) is 67.1 Å². The third kappa shape index (κ3) is 2.91. The smallest absolute Gasteiger partial charge is 0.168 e. The van der Waals surface area contributed by atoms with Gasteiger partial charge in [-0.2, -0.15) is 0 Å². The van der Waals surface area contributed by atoms with Crippen LogP contribution in [0.1, 0.15) is 26.3 Å². The highest BCUT2D eigenvalue weighted by atomic mass is 15.2. The van der Waals surface area contributed by atoms with Crippen molar-refractivity contribution in [1.82, 2.24) is 19.6 Å². The van der Waals surface area contributed by atoms with Crippen LogP contribution in [0.5, 0.6) is 0 Å². The maximum Gasteiger partial charge on any atom is 0.168 e. The standard InChI is InChI=1S/C21H20N4/c1-21(2,3)18-8-6-15(7-9-18)20-24-23-19-13-16(10-12-25(19)20)17-5-4-11-22-14-17/h4-14H,1-3H3. The fourth-order valence-corrected chi connectivity index (χ4v) is 2.92. The number of pyridine rings is 2. The highest BCUT2D eigenvalue weighted by Crippen LogP contribution is 2.26. The van der Waals surface area contributed by atoms with Crippen molar-refractivity contribution in [3.05, 3.63) is 72.7 Å². The van der Waals surface area contributed by atoms with Gasteiger partial charge in [-0.15, -0.1) is 10.2 Å². The molecule has 0 N–H and O–H groups in total. The molecule has 0 aliphatic carbocycles. The lowest BCUT2D eigenvalue weighted by atomic mass is 9.87. The summed E-state index contributed by atoms with van der Waals surface area (Å²) in [4.78, 5) is 4.18. The molecule has 4 rings (SSSR count). The Morgan fingerprint density at radius 3 is 2.32 bits per heavy atom. The molecule has 0 aliphatic heterocycles. The maximum atomic E-state index is 4.39. The molecule has 0 fully saturated rings. The molecule has 25 heavy (non-hydrogen) atoms. The highest BCUT2D eigenvalue weighted by Gasteiger charge is 2.14. The molecule has 0 bridgehead atoms. The Morgan fingerprint density at radius 1 is 0.840 bits per heavy atom. The third-order valence-electron chi connectivity index (χ3n) is 4.41. The van der Waals surface area contributed by atoms with Gasteiger partial charge in [-0.3, -0.25) is 9.38 Å². The predicted molar refractivity (Wildman–Crippen MR) is 100 cm³/mol. The van der Waals surface area contributed by atoms with E-state index in [4.69, 9.17) is 0 Å². The number of benzene rings is 1. The lowest BCUT2D eigenvalue weighted by molar-refractivity contribution is 0.590. The molecule has 0 radical (unpaired) electrons. The number of aromatic nitrogens is 4. The lowest BCUT2D eigenvalue weighted by Gasteiger charge is -2.18. The fourth-order valence-electron chi connectivity index (χ4n) is 2.92. The quantitative estimate of drug-likeness (QED) is 0.533. The van der Waals surface area contributed by atoms with Gasteiger partial charge < -0.3 is 0 Å². The first-order chi connectivity index (χ1) is 12.0. The first kappa shape index (κ1) is 15.5. The Morgan fingerprint density at radius 2 is 1.64 bits per heavy atom. The van der Waals surface area contributed by atoms with E-state index in [1.165, 1.54) is 5.56 Å². The number of nitrogens with zero attached hydrogens (tertiary/aromatic N) is 4. The molecule has 0 spiro atoms. The summed E-state index contributed by atoms with van der Waals surface area (Å²) in [5.41, 5.74) is 5.51. The molecule has 124 valence electrons. The monoisotopic (exact) mass is 328 g/mol. The number of hydrogen-bond acceptors (Lipinski definition) is 3. The van der Waals surface area contributed by atoms with Crippen molar-refractivity contribution < 1.29 is 0 Å². The largest absolute Gasteiger partial charge is 0.282 e. The number of rotatable bonds is 2. The molecule has 4 heteroatoms. The normalized spacial score (nSPS) is 11.8. The average molecular weight is 328 g/mol. The van der Waals surface area contributed by atoms with Crippen molar-refractivity contribution in [1.29, 1.82) is 0 Å². The zero-order chi connectivity index (χ0) is 17.4. The Bertz CT molecular complexity index is 1010. The summed E-state index contributed by atoms with van der Waals surface area (Å²) in [6.45, 7) is 6.65. The fraction of sp³-hybridized carbons (Fsp3) is 0.190. The van der Waals surface area contributed by atoms with Gasteiger partial charge >= 0.3 is 0 Å². The van der Waals surface area contributed by atoms with E-state index >= 15 is 0 Å². The van der Waals surface area contributed by atoms with Gasteiger partial charge in [0.2, 0.25) is 0 Å². The third-order valence-corrected chi connectivity index (χ3v) is 4.41. The molecular weight excluding hydrogens is 308 g/mol. The molecule has 0 atom stereocenters. The molecular formula is C21H20N4. The number of fused-ring (bicyclic) bond motifs is 1. The van der Waals surface area contributed by atoms with Crippen LogP contribution < -0.4 is 0 Å². The predicted octanol–water partition coefficient (Wildman–Crippen LogP) is 4.76. The van der Waals surface area contributed by atoms with Crippen LogP contribution in [0, 0.1) is 0 Å². The van der Waals surface area contributed by atoms with Crippen molar-refractivity contribution in [3.8, 4) is 22.5 Å². The van der Waals surface area contributed by atoms with E-state index in [2.05, 4.69) is 66.3 Å². The molecule has 4 nitrogen and oxygen atoms in total. The van der Waals surface area contributed by atoms with Crippen LogP contribution in [0.25, 0.3) is 28.2 Å². The van der Waals surface area contributed by atoms with Gasteiger partial charge in [0.25, 0.3) is 0 Å². The maximum absolute atomic E-state index is 4.39. The summed E-state index contributed by atoms with van der Waals surface area (Å²) >= 11 is 0. The molecule has 0 unspecified atom stereocenters. The zero-order valence-corrected chi connectivity index (χ0v) is 14.6. The van der Waals surface area contributed by atoms with Gasteiger partial charge in [-0.1, -0.05) is 51.1 Å². The van der Waals surface area contributed by atoms with Crippen LogP contribution in [0.2, 0.25) is 0 Å². The molecule has 0 saturated carbocycles. The molecule has 4 aromatic rings. The Kier molecular flexibility index (Phi) is 3.61. The second-order valence-corrected chi connectivity index (χ2v) is 7.24. The van der Waals surface area contributed by atoms with Crippen LogP contribution >= 0.6 is 0 Å². The number of hydrogen-bond donors (Lipinski definition) is 0. The van der Waals surface area contributed by atoms with Crippen molar-refractivity contribution in [2.75, 3.05) is 0 Å². The van der Waals surface area contributed by atoms with Crippen LogP contribution in [-0.2, 0) is 5.41 Å². The van der Waals surface area contributed by atoms with Crippen molar-refractivity contribution >= 4 is 5.65 Å². The Balaban J connectivity index is 1.74. The minimum Gasteiger partial charge on any atom is -0.282 e. The first-order valence-corrected chi connectivity index (χ1v) is 8.38. The van der Waals surface area contributed by atoms with Crippen molar-refractivity contribution in [3.63, 3.8) is 0 Å². The zero-order valence-electron chi connectivity index (χ0n) is 14.6. The van der Waals surface area contributed by atoms with Crippen LogP contribution in [0.3, 0.4) is 0 Å². The van der Waals surface area contributed by atoms with Gasteiger partial charge in [0.1, 0.15) is 0 Å². The molecule has 3 heterocycles. The van der Waals surface area contributed by atoms with Crippen LogP contribution in [-0.4, -0.2) is 19.6 Å². The summed E-state index contributed by atoms with van der Waals surface area (Å²) in [6.07, 6.45) is 5.65. The Labute approximate surface area is 147 Å². The first-order valence-electron chi connectivity index (χ1n) is 8.38. The summed E-state index contributed by atoms with van der Waals surface area (Å²) in [6, 6.07) is 16.7. The summed E-state index contributed by atoms with van der Waals surface area (Å²) in [5, 5.41) is 8.73. The molecule has 3 aromatic heterocycles. The molecule has 0 aliphatic rings. The molecule has 1 aromatic carbocycles. The van der Waals surface area contributed by atoms with Gasteiger partial charge in [0, 0.05) is 29.7 Å². The van der Waals surface area contributed by atoms with Crippen molar-refractivity contribution in [2.24, 2.45) is 0 Å². The molecule has 0 amide bonds. The second kappa shape index (κ2) is 5.81. The van der Waals surface area contributed by atoms with E-state index in [-0.39, 0.29) is 5.41 Å². The summed E-state index contributed by atoms with van der Waals surface area (Å²) < 4.78 is 2.02. The van der Waals surface area contributed by atoms with E-state index in [1.807, 2.05) is 35.0 Å².